The molecule has 1 N–H and O–H groups in total. The van der Waals surface area contributed by atoms with Crippen LogP contribution in [-0.4, -0.2) is 16.5 Å². The summed E-state index contributed by atoms with van der Waals surface area (Å²) < 4.78 is 0. The van der Waals surface area contributed by atoms with Crippen molar-refractivity contribution in [2.75, 3.05) is 0 Å². The number of hydrogen-bond acceptors (Lipinski definition) is 2. The zero-order valence-corrected chi connectivity index (χ0v) is 14.9. The molecule has 3 fully saturated rings. The topological polar surface area (TPSA) is 37.3 Å². The van der Waals surface area contributed by atoms with Crippen molar-refractivity contribution in [3.05, 3.63) is 23.8 Å². The number of rotatable bonds is 0. The van der Waals surface area contributed by atoms with E-state index in [1.54, 1.807) is 0 Å². The molecule has 0 heterocycles. The molecule has 4 rings (SSSR count). The molecule has 0 aromatic rings. The average Bonchev–Trinajstić information content (AvgIpc) is 2.76. The van der Waals surface area contributed by atoms with Crippen molar-refractivity contribution in [2.45, 2.75) is 64.4 Å². The summed E-state index contributed by atoms with van der Waals surface area (Å²) in [5, 5.41) is 11.2. The normalized spacial score (nSPS) is 50.4. The summed E-state index contributed by atoms with van der Waals surface area (Å²) in [5.74, 6) is 4.61. The van der Waals surface area contributed by atoms with Gasteiger partial charge in [0.2, 0.25) is 0 Å². The Kier molecular flexibility index (Phi) is 3.27. The average molecular weight is 324 g/mol. The predicted molar refractivity (Wildman–Crippen MR) is 95.0 cm³/mol. The molecule has 0 aromatic heterocycles. The first kappa shape index (κ1) is 16.2. The molecule has 24 heavy (non-hydrogen) atoms. The third-order valence-corrected chi connectivity index (χ3v) is 8.37. The van der Waals surface area contributed by atoms with Crippen molar-refractivity contribution in [3.63, 3.8) is 0 Å². The summed E-state index contributed by atoms with van der Waals surface area (Å²) in [4.78, 5) is 11.9. The number of hydrogen-bond donors (Lipinski definition) is 1. The van der Waals surface area contributed by atoms with Crippen molar-refractivity contribution in [1.29, 1.82) is 0 Å². The Hall–Kier alpha value is -1.33. The van der Waals surface area contributed by atoms with Gasteiger partial charge in [0.05, 0.1) is 0 Å². The van der Waals surface area contributed by atoms with Gasteiger partial charge >= 0.3 is 0 Å². The molecule has 0 spiro atoms. The highest BCUT2D eigenvalue weighted by Crippen LogP contribution is 2.68. The molecule has 6 atom stereocenters. The third kappa shape index (κ3) is 1.75. The van der Waals surface area contributed by atoms with Crippen molar-refractivity contribution in [1.82, 2.24) is 0 Å². The van der Waals surface area contributed by atoms with Gasteiger partial charge in [0, 0.05) is 11.8 Å². The minimum Gasteiger partial charge on any atom is -0.373 e. The smallest absolute Gasteiger partial charge is 0.155 e. The fourth-order valence-electron chi connectivity index (χ4n) is 6.79. The summed E-state index contributed by atoms with van der Waals surface area (Å²) in [7, 11) is 0. The molecule has 128 valence electrons. The highest BCUT2D eigenvalue weighted by Gasteiger charge is 2.65. The molecule has 0 aromatic carbocycles. The lowest BCUT2D eigenvalue weighted by Crippen LogP contribution is -2.54. The van der Waals surface area contributed by atoms with Gasteiger partial charge in [-0.2, -0.15) is 0 Å². The second-order valence-corrected chi connectivity index (χ2v) is 9.09. The number of allylic oxidation sites excluding steroid dienone is 1. The highest BCUT2D eigenvalue weighted by atomic mass is 16.3. The molecule has 0 saturated heterocycles. The summed E-state index contributed by atoms with van der Waals surface area (Å²) in [6.07, 6.45) is 14.4. The van der Waals surface area contributed by atoms with Gasteiger partial charge in [0.25, 0.3) is 0 Å². The van der Waals surface area contributed by atoms with Crippen LogP contribution in [0.25, 0.3) is 0 Å². The monoisotopic (exact) mass is 324 g/mol. The number of terminal acetylenes is 1. The van der Waals surface area contributed by atoms with Crippen LogP contribution in [-0.2, 0) is 4.79 Å². The summed E-state index contributed by atoms with van der Waals surface area (Å²) in [6.45, 7) is 8.71. The minimum atomic E-state index is -1.15. The van der Waals surface area contributed by atoms with Crippen LogP contribution in [0.1, 0.15) is 58.8 Å². The van der Waals surface area contributed by atoms with Gasteiger partial charge in [-0.3, -0.25) is 4.79 Å². The Morgan fingerprint density at radius 3 is 2.71 bits per heavy atom. The number of fused-ring (bicyclic) bond motifs is 5. The van der Waals surface area contributed by atoms with E-state index in [0.717, 1.165) is 44.1 Å². The fraction of sp³-hybridized carbons (Fsp3) is 0.682. The van der Waals surface area contributed by atoms with Crippen LogP contribution in [0.5, 0.6) is 0 Å². The lowest BCUT2D eigenvalue weighted by atomic mass is 9.46. The molecule has 0 radical (unpaired) electrons. The molecule has 4 aliphatic rings. The quantitative estimate of drug-likeness (QED) is 0.539. The van der Waals surface area contributed by atoms with Gasteiger partial charge in [-0.15, -0.1) is 6.42 Å². The summed E-state index contributed by atoms with van der Waals surface area (Å²) >= 11 is 0. The highest BCUT2D eigenvalue weighted by molar-refractivity contribution is 5.91. The molecule has 3 saturated carbocycles. The van der Waals surface area contributed by atoms with Gasteiger partial charge in [-0.05, 0) is 73.3 Å². The second kappa shape index (κ2) is 4.85. The third-order valence-electron chi connectivity index (χ3n) is 8.37. The standard InChI is InChI=1S/C22H28O2/c1-5-22(24)14(2)12-19-17-7-6-15-13-16(23)8-10-20(15,3)18(17)9-11-21(19,22)4/h1,13,17-19,24H,2,6-12H2,3-4H3/t17-,18-,19+,20+,21+,22?/m1/s1. The molecule has 0 bridgehead atoms. The van der Waals surface area contributed by atoms with Crippen LogP contribution in [0.4, 0.5) is 0 Å². The molecule has 4 aliphatic carbocycles. The van der Waals surface area contributed by atoms with Crippen molar-refractivity contribution in [2.24, 2.45) is 28.6 Å². The Labute approximate surface area is 145 Å². The molecule has 2 heteroatoms. The molecule has 2 nitrogen and oxygen atoms in total. The van der Waals surface area contributed by atoms with Crippen molar-refractivity contribution in [3.8, 4) is 12.3 Å². The maximum atomic E-state index is 11.9. The Morgan fingerprint density at radius 2 is 2.00 bits per heavy atom. The zero-order valence-electron chi connectivity index (χ0n) is 14.9. The van der Waals surface area contributed by atoms with Crippen molar-refractivity contribution < 1.29 is 9.90 Å². The second-order valence-electron chi connectivity index (χ2n) is 9.09. The maximum absolute atomic E-state index is 11.9. The van der Waals surface area contributed by atoms with E-state index < -0.39 is 5.60 Å². The van der Waals surface area contributed by atoms with Crippen LogP contribution >= 0.6 is 0 Å². The fourth-order valence-corrected chi connectivity index (χ4v) is 6.79. The Bertz CT molecular complexity index is 695. The van der Waals surface area contributed by atoms with Crippen LogP contribution in [0, 0.1) is 40.9 Å². The predicted octanol–water partition coefficient (Wildman–Crippen LogP) is 4.05. The van der Waals surface area contributed by atoms with Gasteiger partial charge in [-0.25, -0.2) is 0 Å². The van der Waals surface area contributed by atoms with E-state index in [1.165, 1.54) is 5.57 Å². The first-order chi connectivity index (χ1) is 11.3. The SMILES string of the molecule is C#CC1(O)C(=C)C[C@H]2[C@@H]3CCC4=CC(=O)CC[C@]4(C)[C@@H]3CC[C@@]21C. The van der Waals surface area contributed by atoms with Gasteiger partial charge in [0.1, 0.15) is 0 Å². The van der Waals surface area contributed by atoms with Crippen LogP contribution < -0.4 is 0 Å². The Balaban J connectivity index is 1.73. The lowest BCUT2D eigenvalue weighted by Gasteiger charge is -2.58. The number of carbonyl (C=O) groups excluding carboxylic acids is 1. The number of carbonyl (C=O) groups is 1. The van der Waals surface area contributed by atoms with E-state index >= 15 is 0 Å². The van der Waals surface area contributed by atoms with Gasteiger partial charge < -0.3 is 5.11 Å². The van der Waals surface area contributed by atoms with Crippen LogP contribution in [0.2, 0.25) is 0 Å². The van der Waals surface area contributed by atoms with E-state index in [1.807, 2.05) is 6.08 Å². The van der Waals surface area contributed by atoms with E-state index in [-0.39, 0.29) is 10.8 Å². The first-order valence-corrected chi connectivity index (χ1v) is 9.38. The Morgan fingerprint density at radius 1 is 1.25 bits per heavy atom. The molecular weight excluding hydrogens is 296 g/mol. The molecule has 1 unspecified atom stereocenters. The number of aliphatic hydroxyl groups is 1. The zero-order chi connectivity index (χ0) is 17.3. The van der Waals surface area contributed by atoms with E-state index in [0.29, 0.717) is 30.0 Å². The van der Waals surface area contributed by atoms with Crippen molar-refractivity contribution >= 4 is 5.78 Å². The maximum Gasteiger partial charge on any atom is 0.155 e. The molecule has 0 aliphatic heterocycles. The van der Waals surface area contributed by atoms with Gasteiger partial charge in [-0.1, -0.05) is 31.9 Å². The van der Waals surface area contributed by atoms with Gasteiger partial charge in [0.15, 0.2) is 11.4 Å². The number of ketones is 1. The lowest BCUT2D eigenvalue weighted by molar-refractivity contribution is -0.119. The largest absolute Gasteiger partial charge is 0.373 e. The van der Waals surface area contributed by atoms with E-state index in [4.69, 9.17) is 6.42 Å². The minimum absolute atomic E-state index is 0.163. The molecular formula is C22H28O2. The van der Waals surface area contributed by atoms with E-state index in [2.05, 4.69) is 26.3 Å². The first-order valence-electron chi connectivity index (χ1n) is 9.38. The molecule has 0 amide bonds. The van der Waals surface area contributed by atoms with E-state index in [9.17, 15) is 9.90 Å². The van der Waals surface area contributed by atoms with Crippen LogP contribution in [0.3, 0.4) is 0 Å². The van der Waals surface area contributed by atoms with Crippen LogP contribution in [0.15, 0.2) is 23.8 Å². The summed E-state index contributed by atoms with van der Waals surface area (Å²) in [5.41, 5.74) is 0.983. The summed E-state index contributed by atoms with van der Waals surface area (Å²) in [6, 6.07) is 0.